The number of carbonyl (C=O) groups is 1. The summed E-state index contributed by atoms with van der Waals surface area (Å²) in [5.41, 5.74) is 3.80. The van der Waals surface area contributed by atoms with Crippen LogP contribution in [-0.2, 0) is 13.0 Å². The molecule has 108 valence electrons. The van der Waals surface area contributed by atoms with E-state index in [1.807, 2.05) is 18.2 Å². The van der Waals surface area contributed by atoms with E-state index in [1.165, 1.54) is 11.1 Å². The predicted molar refractivity (Wildman–Crippen MR) is 86.9 cm³/mol. The highest BCUT2D eigenvalue weighted by Crippen LogP contribution is 2.29. The van der Waals surface area contributed by atoms with E-state index in [0.717, 1.165) is 36.1 Å². The van der Waals surface area contributed by atoms with Gasteiger partial charge in [0.1, 0.15) is 0 Å². The number of nitrogens with zero attached hydrogens (tertiary/aromatic N) is 1. The maximum Gasteiger partial charge on any atom is 0.337 e. The van der Waals surface area contributed by atoms with Crippen LogP contribution in [0.4, 0.5) is 5.69 Å². The van der Waals surface area contributed by atoms with Gasteiger partial charge in [0.05, 0.1) is 11.3 Å². The van der Waals surface area contributed by atoms with Gasteiger partial charge >= 0.3 is 5.97 Å². The van der Waals surface area contributed by atoms with Crippen molar-refractivity contribution in [3.8, 4) is 0 Å². The summed E-state index contributed by atoms with van der Waals surface area (Å²) >= 11 is 3.35. The number of anilines is 1. The number of hydrogen-bond donors (Lipinski definition) is 1. The Morgan fingerprint density at radius 2 is 1.90 bits per heavy atom. The standard InChI is InChI=1S/C17H16BrNO2/c18-14-7-8-16(15(10-14)17(20)21)19-9-3-6-12-4-1-2-5-13(12)11-19/h1-2,4-5,7-8,10H,3,6,9,11H2,(H,20,21). The number of carboxylic acid groups (broad SMARTS) is 1. The molecular formula is C17H16BrNO2. The number of hydrogen-bond acceptors (Lipinski definition) is 2. The van der Waals surface area contributed by atoms with E-state index in [0.29, 0.717) is 5.56 Å². The molecule has 0 spiro atoms. The van der Waals surface area contributed by atoms with Crippen molar-refractivity contribution >= 4 is 27.6 Å². The average Bonchev–Trinajstić information content (AvgIpc) is 2.69. The number of benzene rings is 2. The van der Waals surface area contributed by atoms with Gasteiger partial charge in [0.25, 0.3) is 0 Å². The third kappa shape index (κ3) is 2.95. The van der Waals surface area contributed by atoms with E-state index in [1.54, 1.807) is 6.07 Å². The monoisotopic (exact) mass is 345 g/mol. The molecule has 0 saturated carbocycles. The second-order valence-corrected chi connectivity index (χ2v) is 6.18. The fraction of sp³-hybridized carbons (Fsp3) is 0.235. The van der Waals surface area contributed by atoms with E-state index in [2.05, 4.69) is 39.0 Å². The molecule has 4 heteroatoms. The number of halogens is 1. The lowest BCUT2D eigenvalue weighted by atomic mass is 10.0. The Hall–Kier alpha value is -1.81. The van der Waals surface area contributed by atoms with E-state index < -0.39 is 5.97 Å². The highest BCUT2D eigenvalue weighted by molar-refractivity contribution is 9.10. The molecule has 1 aliphatic rings. The van der Waals surface area contributed by atoms with Crippen LogP contribution < -0.4 is 4.90 Å². The number of fused-ring (bicyclic) bond motifs is 1. The minimum atomic E-state index is -0.885. The molecule has 2 aromatic rings. The Morgan fingerprint density at radius 1 is 1.14 bits per heavy atom. The predicted octanol–water partition coefficient (Wildman–Crippen LogP) is 4.10. The van der Waals surface area contributed by atoms with Crippen LogP contribution in [0.25, 0.3) is 0 Å². The third-order valence-corrected chi connectivity index (χ3v) is 4.38. The van der Waals surface area contributed by atoms with Gasteiger partial charge in [-0.15, -0.1) is 0 Å². The Kier molecular flexibility index (Phi) is 3.97. The van der Waals surface area contributed by atoms with Crippen molar-refractivity contribution in [2.75, 3.05) is 11.4 Å². The minimum absolute atomic E-state index is 0.351. The molecule has 0 radical (unpaired) electrons. The molecular weight excluding hydrogens is 330 g/mol. The number of rotatable bonds is 2. The van der Waals surface area contributed by atoms with Gasteiger partial charge in [0.2, 0.25) is 0 Å². The second-order valence-electron chi connectivity index (χ2n) is 5.26. The quantitative estimate of drug-likeness (QED) is 0.890. The fourth-order valence-corrected chi connectivity index (χ4v) is 3.22. The van der Waals surface area contributed by atoms with Gasteiger partial charge in [-0.2, -0.15) is 0 Å². The normalized spacial score (nSPS) is 14.4. The van der Waals surface area contributed by atoms with E-state index in [-0.39, 0.29) is 0 Å². The van der Waals surface area contributed by atoms with Gasteiger partial charge in [-0.25, -0.2) is 4.79 Å². The summed E-state index contributed by atoms with van der Waals surface area (Å²) in [6.07, 6.45) is 2.08. The first-order chi connectivity index (χ1) is 10.1. The van der Waals surface area contributed by atoms with Crippen molar-refractivity contribution in [2.45, 2.75) is 19.4 Å². The first-order valence-electron chi connectivity index (χ1n) is 7.00. The zero-order valence-electron chi connectivity index (χ0n) is 11.6. The van der Waals surface area contributed by atoms with Crippen molar-refractivity contribution in [3.05, 3.63) is 63.6 Å². The highest BCUT2D eigenvalue weighted by atomic mass is 79.9. The third-order valence-electron chi connectivity index (χ3n) is 3.88. The summed E-state index contributed by atoms with van der Waals surface area (Å²) in [5.74, 6) is -0.885. The molecule has 2 aromatic carbocycles. The number of carboxylic acids is 1. The highest BCUT2D eigenvalue weighted by Gasteiger charge is 2.19. The zero-order chi connectivity index (χ0) is 14.8. The lowest BCUT2D eigenvalue weighted by Gasteiger charge is -2.25. The van der Waals surface area contributed by atoms with Crippen molar-refractivity contribution in [2.24, 2.45) is 0 Å². The van der Waals surface area contributed by atoms with Gasteiger partial charge in [-0.1, -0.05) is 40.2 Å². The van der Waals surface area contributed by atoms with Gasteiger partial charge in [0.15, 0.2) is 0 Å². The molecule has 1 heterocycles. The van der Waals surface area contributed by atoms with Crippen molar-refractivity contribution in [1.29, 1.82) is 0 Å². The Morgan fingerprint density at radius 3 is 2.67 bits per heavy atom. The van der Waals surface area contributed by atoms with E-state index >= 15 is 0 Å². The van der Waals surface area contributed by atoms with Crippen LogP contribution in [0.15, 0.2) is 46.9 Å². The molecule has 0 aromatic heterocycles. The largest absolute Gasteiger partial charge is 0.478 e. The SMILES string of the molecule is O=C(O)c1cc(Br)ccc1N1CCCc2ccccc2C1. The molecule has 1 N–H and O–H groups in total. The molecule has 3 rings (SSSR count). The molecule has 0 fully saturated rings. The maximum absolute atomic E-state index is 11.5. The molecule has 0 bridgehead atoms. The molecule has 3 nitrogen and oxygen atoms in total. The van der Waals surface area contributed by atoms with Crippen LogP contribution in [0, 0.1) is 0 Å². The van der Waals surface area contributed by atoms with Crippen LogP contribution in [0.5, 0.6) is 0 Å². The van der Waals surface area contributed by atoms with Crippen molar-refractivity contribution in [1.82, 2.24) is 0 Å². The van der Waals surface area contributed by atoms with Crippen molar-refractivity contribution < 1.29 is 9.90 Å². The number of aromatic carboxylic acids is 1. The Bertz CT molecular complexity index is 684. The first-order valence-corrected chi connectivity index (χ1v) is 7.79. The van der Waals surface area contributed by atoms with Crippen molar-refractivity contribution in [3.63, 3.8) is 0 Å². The second kappa shape index (κ2) is 5.90. The summed E-state index contributed by atoms with van der Waals surface area (Å²) in [4.78, 5) is 13.7. The van der Waals surface area contributed by atoms with Crippen LogP contribution in [-0.4, -0.2) is 17.6 Å². The number of aryl methyl sites for hydroxylation is 1. The summed E-state index contributed by atoms with van der Waals surface area (Å²) in [6.45, 7) is 1.63. The van der Waals surface area contributed by atoms with Gasteiger partial charge in [0, 0.05) is 17.6 Å². The Labute approximate surface area is 132 Å². The molecule has 21 heavy (non-hydrogen) atoms. The lowest BCUT2D eigenvalue weighted by Crippen LogP contribution is -2.24. The minimum Gasteiger partial charge on any atom is -0.478 e. The van der Waals surface area contributed by atoms with Crippen LogP contribution in [0.3, 0.4) is 0 Å². The van der Waals surface area contributed by atoms with Gasteiger partial charge < -0.3 is 10.0 Å². The van der Waals surface area contributed by atoms with Gasteiger partial charge in [-0.3, -0.25) is 0 Å². The average molecular weight is 346 g/mol. The summed E-state index contributed by atoms with van der Waals surface area (Å²) in [6, 6.07) is 13.9. The zero-order valence-corrected chi connectivity index (χ0v) is 13.1. The molecule has 0 saturated heterocycles. The van der Waals surface area contributed by atoms with Crippen LogP contribution in [0.2, 0.25) is 0 Å². The molecule has 1 aliphatic heterocycles. The van der Waals surface area contributed by atoms with Crippen LogP contribution >= 0.6 is 15.9 Å². The summed E-state index contributed by atoms with van der Waals surface area (Å²) in [7, 11) is 0. The Balaban J connectivity index is 2.00. The lowest BCUT2D eigenvalue weighted by molar-refractivity contribution is 0.0697. The van der Waals surface area contributed by atoms with Crippen LogP contribution in [0.1, 0.15) is 27.9 Å². The maximum atomic E-state index is 11.5. The molecule has 0 aliphatic carbocycles. The molecule has 0 amide bonds. The smallest absolute Gasteiger partial charge is 0.337 e. The van der Waals surface area contributed by atoms with E-state index in [9.17, 15) is 9.90 Å². The summed E-state index contributed by atoms with van der Waals surface area (Å²) in [5, 5.41) is 9.44. The fourth-order valence-electron chi connectivity index (χ4n) is 2.86. The first kappa shape index (κ1) is 14.1. The molecule has 0 atom stereocenters. The molecule has 0 unspecified atom stereocenters. The topological polar surface area (TPSA) is 40.5 Å². The van der Waals surface area contributed by atoms with Gasteiger partial charge in [-0.05, 0) is 42.2 Å². The summed E-state index contributed by atoms with van der Waals surface area (Å²) < 4.78 is 0.791. The van der Waals surface area contributed by atoms with E-state index in [4.69, 9.17) is 0 Å².